The molecule has 0 heterocycles. The summed E-state index contributed by atoms with van der Waals surface area (Å²) in [6.07, 6.45) is 3.91. The van der Waals surface area contributed by atoms with Crippen LogP contribution in [0.5, 0.6) is 0 Å². The highest BCUT2D eigenvalue weighted by atomic mass is 16.6. The molecule has 0 aromatic carbocycles. The molecule has 0 fully saturated rings. The van der Waals surface area contributed by atoms with Crippen LogP contribution < -0.4 is 0 Å². The first-order valence-corrected chi connectivity index (χ1v) is 6.73. The molecule has 0 rings (SSSR count). The summed E-state index contributed by atoms with van der Waals surface area (Å²) < 4.78 is 5.50. The van der Waals surface area contributed by atoms with E-state index in [1.165, 1.54) is 0 Å². The standard InChI is InChI=1S/C14H28O3/c1-6-8-9-12(7-2)13(16)17-14(4,5)10-11(3)15/h11-12,15H,6-10H2,1-5H3. The number of carbonyl (C=O) groups excluding carboxylic acids is 1. The molecular weight excluding hydrogens is 216 g/mol. The molecule has 0 aliphatic rings. The smallest absolute Gasteiger partial charge is 0.309 e. The second-order valence-electron chi connectivity index (χ2n) is 5.48. The number of aliphatic hydroxyl groups excluding tert-OH is 1. The molecule has 3 nitrogen and oxygen atoms in total. The van der Waals surface area contributed by atoms with Gasteiger partial charge in [-0.2, -0.15) is 0 Å². The highest BCUT2D eigenvalue weighted by Crippen LogP contribution is 2.22. The Morgan fingerprint density at radius 3 is 2.35 bits per heavy atom. The SMILES string of the molecule is CCCCC(CC)C(=O)OC(C)(C)CC(C)O. The Balaban J connectivity index is 4.28. The van der Waals surface area contributed by atoms with Crippen molar-refractivity contribution in [2.24, 2.45) is 5.92 Å². The molecular formula is C14H28O3. The fourth-order valence-corrected chi connectivity index (χ4v) is 2.05. The summed E-state index contributed by atoms with van der Waals surface area (Å²) in [5.74, 6) is -0.116. The van der Waals surface area contributed by atoms with Crippen LogP contribution in [0.2, 0.25) is 0 Å². The summed E-state index contributed by atoms with van der Waals surface area (Å²) in [6, 6.07) is 0. The second-order valence-corrected chi connectivity index (χ2v) is 5.48. The summed E-state index contributed by atoms with van der Waals surface area (Å²) >= 11 is 0. The summed E-state index contributed by atoms with van der Waals surface area (Å²) in [6.45, 7) is 9.55. The van der Waals surface area contributed by atoms with Gasteiger partial charge in [-0.05, 0) is 33.6 Å². The van der Waals surface area contributed by atoms with E-state index in [0.717, 1.165) is 25.7 Å². The molecule has 2 atom stereocenters. The summed E-state index contributed by atoms with van der Waals surface area (Å²) in [4.78, 5) is 12.0. The third kappa shape index (κ3) is 7.37. The van der Waals surface area contributed by atoms with Crippen LogP contribution in [0.3, 0.4) is 0 Å². The maximum atomic E-state index is 12.0. The topological polar surface area (TPSA) is 46.5 Å². The minimum Gasteiger partial charge on any atom is -0.459 e. The lowest BCUT2D eigenvalue weighted by Gasteiger charge is -2.28. The number of rotatable bonds is 8. The van der Waals surface area contributed by atoms with Crippen molar-refractivity contribution < 1.29 is 14.6 Å². The first kappa shape index (κ1) is 16.4. The Bertz CT molecular complexity index is 222. The number of ether oxygens (including phenoxy) is 1. The van der Waals surface area contributed by atoms with E-state index in [1.807, 2.05) is 20.8 Å². The lowest BCUT2D eigenvalue weighted by Crippen LogP contribution is -2.34. The van der Waals surface area contributed by atoms with Crippen molar-refractivity contribution in [2.45, 2.75) is 78.4 Å². The first-order valence-electron chi connectivity index (χ1n) is 6.73. The van der Waals surface area contributed by atoms with Crippen LogP contribution in [0.1, 0.15) is 66.7 Å². The first-order chi connectivity index (χ1) is 7.82. The molecule has 0 saturated heterocycles. The molecule has 0 saturated carbocycles. The Morgan fingerprint density at radius 1 is 1.35 bits per heavy atom. The van der Waals surface area contributed by atoms with Crippen LogP contribution in [0, 0.1) is 5.92 Å². The third-order valence-electron chi connectivity index (χ3n) is 2.90. The third-order valence-corrected chi connectivity index (χ3v) is 2.90. The maximum Gasteiger partial charge on any atom is 0.309 e. The molecule has 0 aliphatic carbocycles. The average Bonchev–Trinajstić information content (AvgIpc) is 2.15. The van der Waals surface area contributed by atoms with E-state index in [9.17, 15) is 9.90 Å². The number of hydrogen-bond acceptors (Lipinski definition) is 3. The van der Waals surface area contributed by atoms with Crippen LogP contribution in [0.15, 0.2) is 0 Å². The Kier molecular flexibility index (Phi) is 7.44. The van der Waals surface area contributed by atoms with Gasteiger partial charge < -0.3 is 9.84 Å². The molecule has 0 aromatic heterocycles. The summed E-state index contributed by atoms with van der Waals surface area (Å²) in [5.41, 5.74) is -0.578. The minimum absolute atomic E-state index is 0.00299. The zero-order valence-corrected chi connectivity index (χ0v) is 12.0. The van der Waals surface area contributed by atoms with E-state index in [4.69, 9.17) is 4.74 Å². The van der Waals surface area contributed by atoms with Crippen molar-refractivity contribution >= 4 is 5.97 Å². The Morgan fingerprint density at radius 2 is 1.94 bits per heavy atom. The minimum atomic E-state index is -0.578. The van der Waals surface area contributed by atoms with Crippen molar-refractivity contribution in [2.75, 3.05) is 0 Å². The van der Waals surface area contributed by atoms with E-state index in [1.54, 1.807) is 6.92 Å². The highest BCUT2D eigenvalue weighted by molar-refractivity contribution is 5.72. The molecule has 102 valence electrons. The van der Waals surface area contributed by atoms with Crippen LogP contribution in [0.4, 0.5) is 0 Å². The number of carbonyl (C=O) groups is 1. The molecule has 0 amide bonds. The van der Waals surface area contributed by atoms with Crippen molar-refractivity contribution in [3.63, 3.8) is 0 Å². The Labute approximate surface area is 106 Å². The van der Waals surface area contributed by atoms with Gasteiger partial charge in [0, 0.05) is 6.42 Å². The van der Waals surface area contributed by atoms with Crippen LogP contribution >= 0.6 is 0 Å². The van der Waals surface area contributed by atoms with Crippen LogP contribution in [-0.4, -0.2) is 22.8 Å². The van der Waals surface area contributed by atoms with Gasteiger partial charge in [0.25, 0.3) is 0 Å². The fraction of sp³-hybridized carbons (Fsp3) is 0.929. The molecule has 0 aliphatic heterocycles. The van der Waals surface area contributed by atoms with Gasteiger partial charge in [0.15, 0.2) is 0 Å². The van der Waals surface area contributed by atoms with Gasteiger partial charge in [0.1, 0.15) is 5.60 Å². The number of aliphatic hydroxyl groups is 1. The maximum absolute atomic E-state index is 12.0. The molecule has 0 aromatic rings. The summed E-state index contributed by atoms with van der Waals surface area (Å²) in [5, 5.41) is 9.35. The number of esters is 1. The fourth-order valence-electron chi connectivity index (χ4n) is 2.05. The number of hydrogen-bond donors (Lipinski definition) is 1. The molecule has 1 N–H and O–H groups in total. The highest BCUT2D eigenvalue weighted by Gasteiger charge is 2.28. The normalized spacial score (nSPS) is 15.4. The van der Waals surface area contributed by atoms with Gasteiger partial charge in [0.05, 0.1) is 12.0 Å². The number of unbranched alkanes of at least 4 members (excludes halogenated alkanes) is 1. The van der Waals surface area contributed by atoms with Crippen molar-refractivity contribution in [1.29, 1.82) is 0 Å². The second kappa shape index (κ2) is 7.70. The van der Waals surface area contributed by atoms with Crippen molar-refractivity contribution in [3.8, 4) is 0 Å². The molecule has 0 radical (unpaired) electrons. The van der Waals surface area contributed by atoms with Crippen LogP contribution in [0.25, 0.3) is 0 Å². The van der Waals surface area contributed by atoms with Gasteiger partial charge >= 0.3 is 5.97 Å². The van der Waals surface area contributed by atoms with E-state index in [2.05, 4.69) is 6.92 Å². The van der Waals surface area contributed by atoms with E-state index in [-0.39, 0.29) is 11.9 Å². The monoisotopic (exact) mass is 244 g/mol. The molecule has 0 bridgehead atoms. The van der Waals surface area contributed by atoms with Gasteiger partial charge in [-0.1, -0.05) is 26.7 Å². The molecule has 0 spiro atoms. The largest absolute Gasteiger partial charge is 0.459 e. The molecule has 17 heavy (non-hydrogen) atoms. The lowest BCUT2D eigenvalue weighted by molar-refractivity contribution is -0.164. The zero-order valence-electron chi connectivity index (χ0n) is 12.0. The van der Waals surface area contributed by atoms with E-state index < -0.39 is 11.7 Å². The zero-order chi connectivity index (χ0) is 13.5. The van der Waals surface area contributed by atoms with Gasteiger partial charge in [-0.3, -0.25) is 4.79 Å². The predicted molar refractivity (Wildman–Crippen MR) is 69.8 cm³/mol. The average molecular weight is 244 g/mol. The van der Waals surface area contributed by atoms with Gasteiger partial charge in [0.2, 0.25) is 0 Å². The quantitative estimate of drug-likeness (QED) is 0.666. The van der Waals surface area contributed by atoms with Gasteiger partial charge in [-0.15, -0.1) is 0 Å². The van der Waals surface area contributed by atoms with E-state index in [0.29, 0.717) is 6.42 Å². The lowest BCUT2D eigenvalue weighted by atomic mass is 9.97. The van der Waals surface area contributed by atoms with E-state index >= 15 is 0 Å². The van der Waals surface area contributed by atoms with Crippen LogP contribution in [-0.2, 0) is 9.53 Å². The summed E-state index contributed by atoms with van der Waals surface area (Å²) in [7, 11) is 0. The van der Waals surface area contributed by atoms with Crippen molar-refractivity contribution in [1.82, 2.24) is 0 Å². The molecule has 2 unspecified atom stereocenters. The molecule has 3 heteroatoms. The predicted octanol–water partition coefficient (Wildman–Crippen LogP) is 3.30. The van der Waals surface area contributed by atoms with Gasteiger partial charge in [-0.25, -0.2) is 0 Å². The van der Waals surface area contributed by atoms with Crippen molar-refractivity contribution in [3.05, 3.63) is 0 Å². The Hall–Kier alpha value is -0.570.